The molecule has 0 bridgehead atoms. The highest BCUT2D eigenvalue weighted by Crippen LogP contribution is 2.27. The molecule has 1 aromatic heterocycles. The third-order valence-corrected chi connectivity index (χ3v) is 7.29. The second-order valence-corrected chi connectivity index (χ2v) is 9.98. The number of pyridine rings is 1. The zero-order chi connectivity index (χ0) is 23.0. The lowest BCUT2D eigenvalue weighted by Gasteiger charge is -2.22. The van der Waals surface area contributed by atoms with Crippen LogP contribution in [-0.4, -0.2) is 42.1 Å². The molecule has 2 fully saturated rings. The van der Waals surface area contributed by atoms with Crippen LogP contribution in [0.2, 0.25) is 0 Å². The number of nitrogens with zero attached hydrogens (tertiary/aromatic N) is 2. The van der Waals surface area contributed by atoms with Crippen molar-refractivity contribution in [3.63, 3.8) is 0 Å². The van der Waals surface area contributed by atoms with Crippen molar-refractivity contribution in [1.29, 1.82) is 0 Å². The van der Waals surface area contributed by atoms with Crippen molar-refractivity contribution in [2.45, 2.75) is 71.8 Å². The molecule has 1 N–H and O–H groups in total. The molecule has 0 spiro atoms. The molecule has 2 aliphatic rings. The lowest BCUT2D eigenvalue weighted by Crippen LogP contribution is -2.31. The van der Waals surface area contributed by atoms with Gasteiger partial charge in [0, 0.05) is 24.7 Å². The minimum atomic E-state index is 0.686. The highest BCUT2D eigenvalue weighted by molar-refractivity contribution is 5.80. The Balaban J connectivity index is 1.57. The van der Waals surface area contributed by atoms with Gasteiger partial charge in [0.25, 0.3) is 0 Å². The normalized spacial score (nSPS) is 18.8. The molecule has 1 aliphatic heterocycles. The fourth-order valence-electron chi connectivity index (χ4n) is 5.08. The van der Waals surface area contributed by atoms with Crippen molar-refractivity contribution in [1.82, 2.24) is 15.2 Å². The van der Waals surface area contributed by atoms with Crippen molar-refractivity contribution in [2.75, 3.05) is 26.2 Å². The van der Waals surface area contributed by atoms with Crippen molar-refractivity contribution in [3.05, 3.63) is 76.6 Å². The molecule has 33 heavy (non-hydrogen) atoms. The summed E-state index contributed by atoms with van der Waals surface area (Å²) in [6.45, 7) is 10.9. The minimum absolute atomic E-state index is 0.686. The van der Waals surface area contributed by atoms with E-state index in [1.54, 1.807) is 0 Å². The summed E-state index contributed by atoms with van der Waals surface area (Å²) in [4.78, 5) is 7.75. The summed E-state index contributed by atoms with van der Waals surface area (Å²) in [5.41, 5.74) is 8.49. The zero-order valence-corrected chi connectivity index (χ0v) is 20.9. The molecule has 3 nitrogen and oxygen atoms in total. The standard InChI is InChI=1S/C30H41N3/c1-23-11-14-26(15-12-23)28(18-22-33-20-7-8-21-33)30-25(3)13-16-29(32-30)24(2)17-19-31-27-9-5-4-6-10-27/h11-18,27,31H,4-10,19-22H2,1-3H3/b24-17+,28-18+. The molecule has 3 heteroatoms. The van der Waals surface area contributed by atoms with E-state index in [4.69, 9.17) is 4.98 Å². The Labute approximate surface area is 201 Å². The Hall–Kier alpha value is -2.23. The number of hydrogen-bond donors (Lipinski definition) is 1. The Kier molecular flexibility index (Phi) is 8.52. The van der Waals surface area contributed by atoms with Crippen LogP contribution in [-0.2, 0) is 0 Å². The molecule has 1 saturated heterocycles. The summed E-state index contributed by atoms with van der Waals surface area (Å²) in [5.74, 6) is 0. The number of nitrogens with one attached hydrogen (secondary N) is 1. The highest BCUT2D eigenvalue weighted by atomic mass is 15.1. The molecule has 2 heterocycles. The monoisotopic (exact) mass is 443 g/mol. The maximum atomic E-state index is 5.20. The van der Waals surface area contributed by atoms with Crippen LogP contribution in [0.25, 0.3) is 11.1 Å². The lowest BCUT2D eigenvalue weighted by atomic mass is 9.95. The zero-order valence-electron chi connectivity index (χ0n) is 20.9. The average molecular weight is 444 g/mol. The van der Waals surface area contributed by atoms with Crippen molar-refractivity contribution in [2.24, 2.45) is 0 Å². The lowest BCUT2D eigenvalue weighted by molar-refractivity contribution is 0.377. The van der Waals surface area contributed by atoms with Gasteiger partial charge in [-0.1, -0.05) is 67.3 Å². The summed E-state index contributed by atoms with van der Waals surface area (Å²) in [7, 11) is 0. The summed E-state index contributed by atoms with van der Waals surface area (Å²) >= 11 is 0. The van der Waals surface area contributed by atoms with E-state index in [1.165, 1.54) is 85.9 Å². The molecule has 1 aliphatic carbocycles. The van der Waals surface area contributed by atoms with E-state index in [1.807, 2.05) is 0 Å². The number of aryl methyl sites for hydroxylation is 2. The van der Waals surface area contributed by atoms with Gasteiger partial charge < -0.3 is 5.32 Å². The van der Waals surface area contributed by atoms with Crippen LogP contribution < -0.4 is 5.32 Å². The highest BCUT2D eigenvalue weighted by Gasteiger charge is 2.15. The summed E-state index contributed by atoms with van der Waals surface area (Å²) in [6.07, 6.45) is 14.1. The molecular weight excluding hydrogens is 402 g/mol. The van der Waals surface area contributed by atoms with Gasteiger partial charge in [0.15, 0.2) is 0 Å². The van der Waals surface area contributed by atoms with Gasteiger partial charge in [-0.05, 0) is 82.3 Å². The van der Waals surface area contributed by atoms with Gasteiger partial charge in [0.1, 0.15) is 0 Å². The SMILES string of the molecule is C/C(=C\CNC1CCCCC1)c1ccc(C)c(/C(=C/CN2CCCC2)c2ccc(C)cc2)n1. The molecule has 0 radical (unpaired) electrons. The van der Waals surface area contributed by atoms with Gasteiger partial charge in [-0.15, -0.1) is 0 Å². The molecular formula is C30H41N3. The van der Waals surface area contributed by atoms with E-state index in [0.29, 0.717) is 6.04 Å². The smallest absolute Gasteiger partial charge is 0.0741 e. The van der Waals surface area contributed by atoms with Crippen molar-refractivity contribution < 1.29 is 0 Å². The first-order valence-corrected chi connectivity index (χ1v) is 13.0. The number of likely N-dealkylation sites (tertiary alicyclic amines) is 1. The van der Waals surface area contributed by atoms with Gasteiger partial charge in [-0.25, -0.2) is 4.98 Å². The van der Waals surface area contributed by atoms with Crippen LogP contribution in [0.1, 0.15) is 79.9 Å². The summed E-state index contributed by atoms with van der Waals surface area (Å²) < 4.78 is 0. The summed E-state index contributed by atoms with van der Waals surface area (Å²) in [5, 5.41) is 3.73. The predicted molar refractivity (Wildman–Crippen MR) is 141 cm³/mol. The Morgan fingerprint density at radius 1 is 0.939 bits per heavy atom. The van der Waals surface area contributed by atoms with Crippen LogP contribution in [0, 0.1) is 13.8 Å². The molecule has 2 aromatic rings. The molecule has 1 saturated carbocycles. The van der Waals surface area contributed by atoms with Crippen LogP contribution in [0.3, 0.4) is 0 Å². The van der Waals surface area contributed by atoms with Gasteiger partial charge in [-0.2, -0.15) is 0 Å². The Morgan fingerprint density at radius 2 is 1.67 bits per heavy atom. The van der Waals surface area contributed by atoms with Crippen LogP contribution in [0.5, 0.6) is 0 Å². The van der Waals surface area contributed by atoms with Gasteiger partial charge in [0.2, 0.25) is 0 Å². The molecule has 1 aromatic carbocycles. The van der Waals surface area contributed by atoms with E-state index < -0.39 is 0 Å². The molecule has 0 unspecified atom stereocenters. The van der Waals surface area contributed by atoms with Crippen molar-refractivity contribution >= 4 is 11.1 Å². The number of aromatic nitrogens is 1. The third kappa shape index (κ3) is 6.65. The number of hydrogen-bond acceptors (Lipinski definition) is 3. The quantitative estimate of drug-likeness (QED) is 0.501. The summed E-state index contributed by atoms with van der Waals surface area (Å²) in [6, 6.07) is 14.0. The van der Waals surface area contributed by atoms with E-state index in [2.05, 4.69) is 79.5 Å². The van der Waals surface area contributed by atoms with E-state index in [0.717, 1.165) is 24.5 Å². The molecule has 4 rings (SSSR count). The Morgan fingerprint density at radius 3 is 2.39 bits per heavy atom. The van der Waals surface area contributed by atoms with Crippen LogP contribution in [0.4, 0.5) is 0 Å². The maximum absolute atomic E-state index is 5.20. The number of rotatable bonds is 8. The fourth-order valence-corrected chi connectivity index (χ4v) is 5.08. The third-order valence-electron chi connectivity index (χ3n) is 7.29. The topological polar surface area (TPSA) is 28.2 Å². The molecule has 0 amide bonds. The van der Waals surface area contributed by atoms with Crippen molar-refractivity contribution in [3.8, 4) is 0 Å². The number of benzene rings is 1. The molecule has 176 valence electrons. The fraction of sp³-hybridized carbons (Fsp3) is 0.500. The second kappa shape index (κ2) is 11.8. The molecule has 0 atom stereocenters. The van der Waals surface area contributed by atoms with Crippen LogP contribution in [0.15, 0.2) is 48.6 Å². The van der Waals surface area contributed by atoms with Gasteiger partial charge in [-0.3, -0.25) is 4.90 Å². The van der Waals surface area contributed by atoms with Gasteiger partial charge >= 0.3 is 0 Å². The second-order valence-electron chi connectivity index (χ2n) is 9.98. The van der Waals surface area contributed by atoms with E-state index >= 15 is 0 Å². The first kappa shape index (κ1) is 23.9. The number of allylic oxidation sites excluding steroid dienone is 1. The average Bonchev–Trinajstić information content (AvgIpc) is 3.35. The largest absolute Gasteiger partial charge is 0.311 e. The Bertz CT molecular complexity index is 959. The first-order valence-electron chi connectivity index (χ1n) is 13.0. The minimum Gasteiger partial charge on any atom is -0.311 e. The first-order chi connectivity index (χ1) is 16.1. The van der Waals surface area contributed by atoms with E-state index in [9.17, 15) is 0 Å². The van der Waals surface area contributed by atoms with Crippen LogP contribution >= 0.6 is 0 Å². The van der Waals surface area contributed by atoms with Gasteiger partial charge in [0.05, 0.1) is 11.4 Å². The predicted octanol–water partition coefficient (Wildman–Crippen LogP) is 6.55. The van der Waals surface area contributed by atoms with E-state index in [-0.39, 0.29) is 0 Å². The maximum Gasteiger partial charge on any atom is 0.0741 e.